The number of nitrogens with zero attached hydrogens (tertiary/aromatic N) is 2. The third-order valence-electron chi connectivity index (χ3n) is 4.20. The molecule has 6 nitrogen and oxygen atoms in total. The Morgan fingerprint density at radius 3 is 2.68 bits per heavy atom. The topological polar surface area (TPSA) is 63.6 Å². The Morgan fingerprint density at radius 1 is 1.08 bits per heavy atom. The number of rotatable bonds is 6. The van der Waals surface area contributed by atoms with Crippen LogP contribution in [-0.2, 0) is 29.2 Å². The van der Waals surface area contributed by atoms with Gasteiger partial charge in [0.1, 0.15) is 6.54 Å². The van der Waals surface area contributed by atoms with Gasteiger partial charge in [0.25, 0.3) is 5.56 Å². The third kappa shape index (κ3) is 5.27. The van der Waals surface area contributed by atoms with Crippen molar-refractivity contribution in [1.82, 2.24) is 14.8 Å². The van der Waals surface area contributed by atoms with E-state index in [0.29, 0.717) is 6.54 Å². The Labute approximate surface area is 147 Å². The molecule has 25 heavy (non-hydrogen) atoms. The summed E-state index contributed by atoms with van der Waals surface area (Å²) >= 11 is 0. The normalized spacial score (nSPS) is 15.0. The van der Waals surface area contributed by atoms with E-state index in [1.165, 1.54) is 16.2 Å². The van der Waals surface area contributed by atoms with Crippen molar-refractivity contribution in [2.75, 3.05) is 26.3 Å². The van der Waals surface area contributed by atoms with E-state index in [1.54, 1.807) is 18.3 Å². The van der Waals surface area contributed by atoms with Crippen LogP contribution in [0.1, 0.15) is 11.1 Å². The summed E-state index contributed by atoms with van der Waals surface area (Å²) in [6.45, 7) is 4.86. The van der Waals surface area contributed by atoms with Gasteiger partial charge in [-0.1, -0.05) is 30.3 Å². The fraction of sp³-hybridized carbons (Fsp3) is 0.368. The van der Waals surface area contributed by atoms with Crippen LogP contribution in [-0.4, -0.2) is 41.7 Å². The molecule has 6 heteroatoms. The van der Waals surface area contributed by atoms with E-state index < -0.39 is 0 Å². The fourth-order valence-electron chi connectivity index (χ4n) is 2.86. The van der Waals surface area contributed by atoms with Crippen molar-refractivity contribution >= 4 is 5.91 Å². The van der Waals surface area contributed by atoms with Crippen LogP contribution in [0.15, 0.2) is 53.5 Å². The number of ether oxygens (including phenoxy) is 1. The highest BCUT2D eigenvalue weighted by molar-refractivity contribution is 5.75. The quantitative estimate of drug-likeness (QED) is 0.851. The Bertz CT molecular complexity index is 766. The number of benzene rings is 1. The number of carbonyl (C=O) groups excluding carboxylic acids is 1. The van der Waals surface area contributed by atoms with Gasteiger partial charge in [-0.05, 0) is 17.2 Å². The van der Waals surface area contributed by atoms with E-state index in [9.17, 15) is 9.59 Å². The molecule has 1 aliphatic rings. The lowest BCUT2D eigenvalue weighted by Gasteiger charge is -2.26. The summed E-state index contributed by atoms with van der Waals surface area (Å²) in [5.41, 5.74) is 2.11. The highest BCUT2D eigenvalue weighted by Gasteiger charge is 2.11. The fourth-order valence-corrected chi connectivity index (χ4v) is 2.86. The van der Waals surface area contributed by atoms with Crippen molar-refractivity contribution < 1.29 is 9.53 Å². The van der Waals surface area contributed by atoms with E-state index in [4.69, 9.17) is 4.74 Å². The Morgan fingerprint density at radius 2 is 1.88 bits per heavy atom. The SMILES string of the molecule is O=C(Cn1ccccc1=O)NCc1cccc(CN2CCOCC2)c1. The predicted molar refractivity (Wildman–Crippen MR) is 95.1 cm³/mol. The number of amides is 1. The number of nitrogens with one attached hydrogen (secondary N) is 1. The summed E-state index contributed by atoms with van der Waals surface area (Å²) in [6.07, 6.45) is 1.62. The molecule has 0 aliphatic carbocycles. The van der Waals surface area contributed by atoms with E-state index in [-0.39, 0.29) is 18.0 Å². The predicted octanol–water partition coefficient (Wildman–Crippen LogP) is 0.997. The van der Waals surface area contributed by atoms with Gasteiger partial charge < -0.3 is 14.6 Å². The molecular formula is C19H23N3O3. The maximum Gasteiger partial charge on any atom is 0.250 e. The molecule has 0 saturated carbocycles. The average molecular weight is 341 g/mol. The summed E-state index contributed by atoms with van der Waals surface area (Å²) in [4.78, 5) is 26.0. The van der Waals surface area contributed by atoms with Crippen molar-refractivity contribution in [3.05, 3.63) is 70.1 Å². The smallest absolute Gasteiger partial charge is 0.250 e. The first kappa shape index (κ1) is 17.4. The molecule has 0 unspecified atom stereocenters. The molecule has 2 aromatic rings. The van der Waals surface area contributed by atoms with Crippen LogP contribution in [0.3, 0.4) is 0 Å². The largest absolute Gasteiger partial charge is 0.379 e. The lowest BCUT2D eigenvalue weighted by atomic mass is 10.1. The number of morpholine rings is 1. The van der Waals surface area contributed by atoms with Gasteiger partial charge in [0, 0.05) is 38.4 Å². The first-order valence-electron chi connectivity index (χ1n) is 8.51. The summed E-state index contributed by atoms with van der Waals surface area (Å²) in [5, 5.41) is 2.87. The summed E-state index contributed by atoms with van der Waals surface area (Å²) in [7, 11) is 0. The monoisotopic (exact) mass is 341 g/mol. The number of pyridine rings is 1. The molecular weight excluding hydrogens is 318 g/mol. The van der Waals surface area contributed by atoms with Gasteiger partial charge in [-0.25, -0.2) is 0 Å². The summed E-state index contributed by atoms with van der Waals surface area (Å²) in [5.74, 6) is -0.174. The second kappa shape index (κ2) is 8.60. The van der Waals surface area contributed by atoms with Gasteiger partial charge in [-0.15, -0.1) is 0 Å². The summed E-state index contributed by atoms with van der Waals surface area (Å²) in [6, 6.07) is 13.1. The van der Waals surface area contributed by atoms with E-state index >= 15 is 0 Å². The molecule has 2 heterocycles. The van der Waals surface area contributed by atoms with Crippen LogP contribution < -0.4 is 10.9 Å². The van der Waals surface area contributed by atoms with Gasteiger partial charge in [0.05, 0.1) is 13.2 Å². The van der Waals surface area contributed by atoms with E-state index in [0.717, 1.165) is 38.4 Å². The van der Waals surface area contributed by atoms with Gasteiger partial charge in [0.15, 0.2) is 0 Å². The van der Waals surface area contributed by atoms with Crippen LogP contribution >= 0.6 is 0 Å². The molecule has 1 aromatic carbocycles. The zero-order valence-corrected chi connectivity index (χ0v) is 14.2. The van der Waals surface area contributed by atoms with E-state index in [2.05, 4.69) is 22.3 Å². The Kier molecular flexibility index (Phi) is 5.98. The van der Waals surface area contributed by atoms with Crippen molar-refractivity contribution in [3.63, 3.8) is 0 Å². The number of carbonyl (C=O) groups is 1. The first-order chi connectivity index (χ1) is 12.2. The highest BCUT2D eigenvalue weighted by Crippen LogP contribution is 2.10. The molecule has 1 aliphatic heterocycles. The maximum atomic E-state index is 12.0. The lowest BCUT2D eigenvalue weighted by molar-refractivity contribution is -0.121. The lowest BCUT2D eigenvalue weighted by Crippen LogP contribution is -2.35. The van der Waals surface area contributed by atoms with Gasteiger partial charge in [-0.3, -0.25) is 14.5 Å². The maximum absolute atomic E-state index is 12.0. The molecule has 0 bridgehead atoms. The van der Waals surface area contributed by atoms with Crippen LogP contribution in [0.5, 0.6) is 0 Å². The zero-order valence-electron chi connectivity index (χ0n) is 14.2. The van der Waals surface area contributed by atoms with E-state index in [1.807, 2.05) is 12.1 Å². The van der Waals surface area contributed by atoms with Gasteiger partial charge in [-0.2, -0.15) is 0 Å². The van der Waals surface area contributed by atoms with Crippen molar-refractivity contribution in [1.29, 1.82) is 0 Å². The highest BCUT2D eigenvalue weighted by atomic mass is 16.5. The molecule has 132 valence electrons. The molecule has 3 rings (SSSR count). The molecule has 1 aromatic heterocycles. The molecule has 1 fully saturated rings. The molecule has 1 amide bonds. The Hall–Kier alpha value is -2.44. The van der Waals surface area contributed by atoms with Crippen molar-refractivity contribution in [2.24, 2.45) is 0 Å². The zero-order chi connectivity index (χ0) is 17.5. The number of hydrogen-bond donors (Lipinski definition) is 1. The Balaban J connectivity index is 1.52. The van der Waals surface area contributed by atoms with Crippen LogP contribution in [0.25, 0.3) is 0 Å². The van der Waals surface area contributed by atoms with Crippen molar-refractivity contribution in [3.8, 4) is 0 Å². The van der Waals surface area contributed by atoms with Gasteiger partial charge in [0.2, 0.25) is 5.91 Å². The molecule has 1 N–H and O–H groups in total. The molecule has 0 radical (unpaired) electrons. The molecule has 0 atom stereocenters. The second-order valence-corrected chi connectivity index (χ2v) is 6.15. The molecule has 1 saturated heterocycles. The first-order valence-corrected chi connectivity index (χ1v) is 8.51. The molecule has 0 spiro atoms. The number of aromatic nitrogens is 1. The number of hydrogen-bond acceptors (Lipinski definition) is 4. The minimum absolute atomic E-state index is 0.0349. The minimum Gasteiger partial charge on any atom is -0.379 e. The van der Waals surface area contributed by atoms with Crippen LogP contribution in [0.2, 0.25) is 0 Å². The second-order valence-electron chi connectivity index (χ2n) is 6.15. The average Bonchev–Trinajstić information content (AvgIpc) is 2.63. The minimum atomic E-state index is -0.176. The third-order valence-corrected chi connectivity index (χ3v) is 4.20. The van der Waals surface area contributed by atoms with Gasteiger partial charge >= 0.3 is 0 Å². The van der Waals surface area contributed by atoms with Crippen LogP contribution in [0, 0.1) is 0 Å². The summed E-state index contributed by atoms with van der Waals surface area (Å²) < 4.78 is 6.76. The van der Waals surface area contributed by atoms with Crippen LogP contribution in [0.4, 0.5) is 0 Å². The standard InChI is InChI=1S/C19H23N3O3/c23-18(15-22-7-2-1-6-19(22)24)20-13-16-4-3-5-17(12-16)14-21-8-10-25-11-9-21/h1-7,12H,8-11,13-15H2,(H,20,23). The van der Waals surface area contributed by atoms with Crippen molar-refractivity contribution in [2.45, 2.75) is 19.6 Å².